The van der Waals surface area contributed by atoms with E-state index in [0.29, 0.717) is 19.6 Å². The quantitative estimate of drug-likeness (QED) is 0.780. The molecule has 1 saturated heterocycles. The fourth-order valence-electron chi connectivity index (χ4n) is 3.35. The van der Waals surface area contributed by atoms with Gasteiger partial charge >= 0.3 is 0 Å². The summed E-state index contributed by atoms with van der Waals surface area (Å²) in [5, 5.41) is 9.35. The first kappa shape index (κ1) is 14.8. The summed E-state index contributed by atoms with van der Waals surface area (Å²) in [6.07, 6.45) is 2.43. The van der Waals surface area contributed by atoms with Gasteiger partial charge in [-0.1, -0.05) is 13.8 Å². The van der Waals surface area contributed by atoms with Crippen molar-refractivity contribution in [2.45, 2.75) is 57.7 Å². The first-order chi connectivity index (χ1) is 8.88. The molecule has 1 aliphatic carbocycles. The van der Waals surface area contributed by atoms with Gasteiger partial charge in [0.2, 0.25) is 5.91 Å². The number of amides is 1. The Bertz CT molecular complexity index is 359. The van der Waals surface area contributed by atoms with Crippen LogP contribution >= 0.6 is 0 Å². The van der Waals surface area contributed by atoms with Crippen molar-refractivity contribution in [3.63, 3.8) is 0 Å². The highest BCUT2D eigenvalue weighted by molar-refractivity contribution is 5.89. The Morgan fingerprint density at radius 3 is 2.74 bits per heavy atom. The van der Waals surface area contributed by atoms with Crippen molar-refractivity contribution in [1.82, 2.24) is 4.90 Å². The zero-order valence-electron chi connectivity index (χ0n) is 12.2. The van der Waals surface area contributed by atoms with Crippen LogP contribution in [0.25, 0.3) is 0 Å². The molecule has 1 saturated carbocycles. The fourth-order valence-corrected chi connectivity index (χ4v) is 3.35. The summed E-state index contributed by atoms with van der Waals surface area (Å²) in [6, 6.07) is -0.0603. The van der Waals surface area contributed by atoms with Crippen molar-refractivity contribution in [2.24, 2.45) is 11.1 Å². The van der Waals surface area contributed by atoms with Crippen molar-refractivity contribution in [3.8, 4) is 0 Å². The first-order valence-electron chi connectivity index (χ1n) is 7.21. The Hall–Kier alpha value is -0.650. The maximum Gasteiger partial charge on any atom is 0.243 e. The summed E-state index contributed by atoms with van der Waals surface area (Å²) in [4.78, 5) is 14.5. The van der Waals surface area contributed by atoms with Crippen LogP contribution in [0.5, 0.6) is 0 Å². The molecule has 3 atom stereocenters. The maximum atomic E-state index is 12.7. The fraction of sp³-hybridized carbons (Fsp3) is 0.929. The number of nitrogens with two attached hydrogens (primary N) is 1. The van der Waals surface area contributed by atoms with E-state index in [-0.39, 0.29) is 30.1 Å². The molecule has 0 radical (unpaired) electrons. The van der Waals surface area contributed by atoms with E-state index < -0.39 is 5.54 Å². The molecule has 19 heavy (non-hydrogen) atoms. The third-order valence-electron chi connectivity index (χ3n) is 5.06. The Kier molecular flexibility index (Phi) is 3.91. The van der Waals surface area contributed by atoms with E-state index >= 15 is 0 Å². The molecule has 0 aromatic heterocycles. The molecule has 110 valence electrons. The molecule has 0 bridgehead atoms. The minimum Gasteiger partial charge on any atom is -0.394 e. The van der Waals surface area contributed by atoms with Crippen LogP contribution in [0.15, 0.2) is 0 Å². The van der Waals surface area contributed by atoms with E-state index in [1.165, 1.54) is 0 Å². The predicted octanol–water partition coefficient (Wildman–Crippen LogP) is 0.502. The Labute approximate surface area is 115 Å². The van der Waals surface area contributed by atoms with Gasteiger partial charge in [-0.25, -0.2) is 0 Å². The van der Waals surface area contributed by atoms with Crippen LogP contribution in [-0.4, -0.2) is 53.4 Å². The number of likely N-dealkylation sites (tertiary alicyclic amines) is 1. The van der Waals surface area contributed by atoms with Crippen LogP contribution in [0.2, 0.25) is 0 Å². The lowest BCUT2D eigenvalue weighted by Gasteiger charge is -2.58. The number of hydrogen-bond acceptors (Lipinski definition) is 4. The summed E-state index contributed by atoms with van der Waals surface area (Å²) >= 11 is 0. The molecule has 5 heteroatoms. The van der Waals surface area contributed by atoms with Gasteiger partial charge in [0.05, 0.1) is 18.8 Å². The minimum atomic E-state index is -0.857. The maximum absolute atomic E-state index is 12.7. The van der Waals surface area contributed by atoms with Gasteiger partial charge < -0.3 is 20.5 Å². The van der Waals surface area contributed by atoms with Crippen molar-refractivity contribution < 1.29 is 14.6 Å². The first-order valence-corrected chi connectivity index (χ1v) is 7.21. The molecule has 0 aromatic carbocycles. The molecule has 2 rings (SSSR count). The summed E-state index contributed by atoms with van der Waals surface area (Å²) < 4.78 is 5.65. The monoisotopic (exact) mass is 270 g/mol. The van der Waals surface area contributed by atoms with E-state index in [4.69, 9.17) is 10.5 Å². The summed E-state index contributed by atoms with van der Waals surface area (Å²) in [7, 11) is 0. The van der Waals surface area contributed by atoms with Crippen LogP contribution in [0.3, 0.4) is 0 Å². The van der Waals surface area contributed by atoms with E-state index in [1.54, 1.807) is 4.90 Å². The third-order valence-corrected chi connectivity index (χ3v) is 5.06. The predicted molar refractivity (Wildman–Crippen MR) is 72.6 cm³/mol. The number of nitrogens with zero attached hydrogens (tertiary/aromatic N) is 1. The number of aliphatic hydroxyl groups excluding tert-OH is 1. The number of hydrogen-bond donors (Lipinski definition) is 2. The van der Waals surface area contributed by atoms with Gasteiger partial charge in [0, 0.05) is 25.0 Å². The highest BCUT2D eigenvalue weighted by atomic mass is 16.5. The second-order valence-corrected chi connectivity index (χ2v) is 6.32. The van der Waals surface area contributed by atoms with E-state index in [0.717, 1.165) is 12.8 Å². The smallest absolute Gasteiger partial charge is 0.243 e. The van der Waals surface area contributed by atoms with Gasteiger partial charge in [0.15, 0.2) is 0 Å². The molecule has 3 unspecified atom stereocenters. The molecule has 5 nitrogen and oxygen atoms in total. The lowest BCUT2D eigenvalue weighted by Crippen LogP contribution is -2.76. The largest absolute Gasteiger partial charge is 0.394 e. The molecule has 0 spiro atoms. The van der Waals surface area contributed by atoms with Crippen molar-refractivity contribution in [1.29, 1.82) is 0 Å². The van der Waals surface area contributed by atoms with Gasteiger partial charge in [0.1, 0.15) is 5.54 Å². The zero-order valence-corrected chi connectivity index (χ0v) is 12.2. The van der Waals surface area contributed by atoms with Crippen molar-refractivity contribution in [3.05, 3.63) is 0 Å². The average Bonchev–Trinajstić information content (AvgIpc) is 2.85. The van der Waals surface area contributed by atoms with Crippen molar-refractivity contribution >= 4 is 5.91 Å². The standard InChI is InChI=1S/C14H26N2O3/c1-4-19-11-8-14(15,13(11,2)3)12(18)16-7-5-6-10(16)9-17/h10-11,17H,4-9,15H2,1-3H3. The molecule has 3 N–H and O–H groups in total. The molecular formula is C14H26N2O3. The van der Waals surface area contributed by atoms with Crippen LogP contribution in [0, 0.1) is 5.41 Å². The number of carbonyl (C=O) groups excluding carboxylic acids is 1. The molecule has 1 aliphatic heterocycles. The highest BCUT2D eigenvalue weighted by Gasteiger charge is 2.64. The molecule has 2 aliphatic rings. The SMILES string of the molecule is CCOC1CC(N)(C(=O)N2CCCC2CO)C1(C)C. The second kappa shape index (κ2) is 5.04. The summed E-state index contributed by atoms with van der Waals surface area (Å²) in [6.45, 7) is 7.32. The second-order valence-electron chi connectivity index (χ2n) is 6.32. The third kappa shape index (κ3) is 2.08. The van der Waals surface area contributed by atoms with Crippen molar-refractivity contribution in [2.75, 3.05) is 19.8 Å². The van der Waals surface area contributed by atoms with Crippen LogP contribution < -0.4 is 5.73 Å². The van der Waals surface area contributed by atoms with Gasteiger partial charge in [0.25, 0.3) is 0 Å². The molecule has 2 fully saturated rings. The molecule has 0 aromatic rings. The van der Waals surface area contributed by atoms with Gasteiger partial charge in [-0.3, -0.25) is 4.79 Å². The Morgan fingerprint density at radius 1 is 1.53 bits per heavy atom. The highest BCUT2D eigenvalue weighted by Crippen LogP contribution is 2.51. The Morgan fingerprint density at radius 2 is 2.21 bits per heavy atom. The molecule has 1 amide bonds. The zero-order chi connectivity index (χ0) is 14.3. The number of carbonyl (C=O) groups is 1. The summed E-state index contributed by atoms with van der Waals surface area (Å²) in [5.41, 5.74) is 5.17. The average molecular weight is 270 g/mol. The molecular weight excluding hydrogens is 244 g/mol. The molecule has 1 heterocycles. The minimum absolute atomic E-state index is 0.0231. The van der Waals surface area contributed by atoms with Crippen LogP contribution in [0.1, 0.15) is 40.0 Å². The number of rotatable bonds is 4. The van der Waals surface area contributed by atoms with Gasteiger partial charge in [-0.2, -0.15) is 0 Å². The van der Waals surface area contributed by atoms with Crippen LogP contribution in [-0.2, 0) is 9.53 Å². The number of aliphatic hydroxyl groups is 1. The van der Waals surface area contributed by atoms with Crippen LogP contribution in [0.4, 0.5) is 0 Å². The number of ether oxygens (including phenoxy) is 1. The van der Waals surface area contributed by atoms with E-state index in [2.05, 4.69) is 0 Å². The van der Waals surface area contributed by atoms with E-state index in [9.17, 15) is 9.90 Å². The lowest BCUT2D eigenvalue weighted by molar-refractivity contribution is -0.180. The van der Waals surface area contributed by atoms with Gasteiger partial charge in [-0.15, -0.1) is 0 Å². The summed E-state index contributed by atoms with van der Waals surface area (Å²) in [5.74, 6) is -0.0231. The Balaban J connectivity index is 2.11. The van der Waals surface area contributed by atoms with E-state index in [1.807, 2.05) is 20.8 Å². The van der Waals surface area contributed by atoms with Gasteiger partial charge in [-0.05, 0) is 19.8 Å². The lowest BCUT2D eigenvalue weighted by atomic mass is 9.54. The topological polar surface area (TPSA) is 75.8 Å². The normalized spacial score (nSPS) is 37.2.